The summed E-state index contributed by atoms with van der Waals surface area (Å²) in [6, 6.07) is 8.88. The summed E-state index contributed by atoms with van der Waals surface area (Å²) in [5.74, 6) is 0.922. The van der Waals surface area contributed by atoms with Crippen molar-refractivity contribution in [3.05, 3.63) is 29.8 Å². The summed E-state index contributed by atoms with van der Waals surface area (Å²) in [5.41, 5.74) is 1.28. The molecule has 2 N–H and O–H groups in total. The van der Waals surface area contributed by atoms with E-state index < -0.39 is 0 Å². The molecule has 2 atom stereocenters. The normalized spacial score (nSPS) is 24.6. The van der Waals surface area contributed by atoms with Gasteiger partial charge in [0.2, 0.25) is 0 Å². The quantitative estimate of drug-likeness (QED) is 0.841. The first-order valence-corrected chi connectivity index (χ1v) is 6.43. The predicted molar refractivity (Wildman–Crippen MR) is 68.2 cm³/mol. The van der Waals surface area contributed by atoms with Crippen molar-refractivity contribution in [2.45, 2.75) is 38.3 Å². The molecule has 2 rings (SSSR count). The standard InChI is InChI=1S/C14H21NO2/c1-2-17-13-8-6-11(7-9-13)14-5-3-4-12(10-16)15-14/h6-9,12,14-16H,2-5,10H2,1H3. The number of aliphatic hydroxyl groups excluding tert-OH is 1. The van der Waals surface area contributed by atoms with Gasteiger partial charge in [0, 0.05) is 12.1 Å². The molecular formula is C14H21NO2. The van der Waals surface area contributed by atoms with Crippen molar-refractivity contribution in [3.8, 4) is 5.75 Å². The summed E-state index contributed by atoms with van der Waals surface area (Å²) in [5, 5.41) is 12.7. The van der Waals surface area contributed by atoms with Gasteiger partial charge in [-0.25, -0.2) is 0 Å². The summed E-state index contributed by atoms with van der Waals surface area (Å²) >= 11 is 0. The molecule has 1 aliphatic rings. The molecule has 17 heavy (non-hydrogen) atoms. The zero-order chi connectivity index (χ0) is 12.1. The van der Waals surface area contributed by atoms with E-state index in [1.807, 2.05) is 19.1 Å². The highest BCUT2D eigenvalue weighted by Crippen LogP contribution is 2.26. The fraction of sp³-hybridized carbons (Fsp3) is 0.571. The largest absolute Gasteiger partial charge is 0.494 e. The summed E-state index contributed by atoms with van der Waals surface area (Å²) in [6.45, 7) is 2.92. The van der Waals surface area contributed by atoms with E-state index in [1.54, 1.807) is 0 Å². The maximum absolute atomic E-state index is 9.19. The van der Waals surface area contributed by atoms with Crippen LogP contribution in [0.2, 0.25) is 0 Å². The summed E-state index contributed by atoms with van der Waals surface area (Å²) in [7, 11) is 0. The molecule has 0 amide bonds. The molecule has 1 heterocycles. The van der Waals surface area contributed by atoms with Gasteiger partial charge < -0.3 is 15.2 Å². The van der Waals surface area contributed by atoms with Crippen LogP contribution in [-0.4, -0.2) is 24.4 Å². The molecule has 1 saturated heterocycles. The highest BCUT2D eigenvalue weighted by molar-refractivity contribution is 5.29. The van der Waals surface area contributed by atoms with Crippen molar-refractivity contribution >= 4 is 0 Å². The Kier molecular flexibility index (Phi) is 4.40. The number of ether oxygens (including phenoxy) is 1. The number of benzene rings is 1. The van der Waals surface area contributed by atoms with Gasteiger partial charge in [0.05, 0.1) is 13.2 Å². The first-order valence-electron chi connectivity index (χ1n) is 6.43. The van der Waals surface area contributed by atoms with Crippen LogP contribution in [0, 0.1) is 0 Å². The molecule has 1 fully saturated rings. The zero-order valence-corrected chi connectivity index (χ0v) is 10.4. The lowest BCUT2D eigenvalue weighted by Gasteiger charge is -2.30. The Morgan fingerprint density at radius 2 is 2.06 bits per heavy atom. The second-order valence-corrected chi connectivity index (χ2v) is 4.53. The summed E-state index contributed by atoms with van der Waals surface area (Å²) < 4.78 is 5.43. The predicted octanol–water partition coefficient (Wildman–Crippen LogP) is 2.26. The van der Waals surface area contributed by atoms with Crippen LogP contribution in [0.5, 0.6) is 5.75 Å². The van der Waals surface area contributed by atoms with Gasteiger partial charge in [0.25, 0.3) is 0 Å². The van der Waals surface area contributed by atoms with Gasteiger partial charge in [-0.15, -0.1) is 0 Å². The lowest BCUT2D eigenvalue weighted by atomic mass is 9.94. The molecule has 1 aliphatic heterocycles. The van der Waals surface area contributed by atoms with Gasteiger partial charge in [-0.05, 0) is 43.9 Å². The molecule has 3 heteroatoms. The van der Waals surface area contributed by atoms with Crippen LogP contribution >= 0.6 is 0 Å². The Morgan fingerprint density at radius 3 is 2.71 bits per heavy atom. The van der Waals surface area contributed by atoms with Gasteiger partial charge in [0.1, 0.15) is 5.75 Å². The van der Waals surface area contributed by atoms with Crippen LogP contribution in [0.4, 0.5) is 0 Å². The van der Waals surface area contributed by atoms with E-state index in [9.17, 15) is 5.11 Å². The third kappa shape index (κ3) is 3.20. The fourth-order valence-electron chi connectivity index (χ4n) is 2.39. The number of hydrogen-bond acceptors (Lipinski definition) is 3. The number of rotatable bonds is 4. The van der Waals surface area contributed by atoms with E-state index in [4.69, 9.17) is 4.74 Å². The molecule has 0 bridgehead atoms. The minimum atomic E-state index is 0.230. The van der Waals surface area contributed by atoms with Crippen molar-refractivity contribution in [1.82, 2.24) is 5.32 Å². The molecule has 0 saturated carbocycles. The van der Waals surface area contributed by atoms with E-state index in [2.05, 4.69) is 17.4 Å². The molecule has 94 valence electrons. The van der Waals surface area contributed by atoms with Crippen molar-refractivity contribution in [1.29, 1.82) is 0 Å². The number of aliphatic hydroxyl groups is 1. The molecule has 2 unspecified atom stereocenters. The first-order chi connectivity index (χ1) is 8.33. The minimum absolute atomic E-state index is 0.230. The van der Waals surface area contributed by atoms with Gasteiger partial charge in [-0.1, -0.05) is 12.1 Å². The summed E-state index contributed by atoms with van der Waals surface area (Å²) in [4.78, 5) is 0. The van der Waals surface area contributed by atoms with Gasteiger partial charge in [-0.2, -0.15) is 0 Å². The van der Waals surface area contributed by atoms with E-state index in [1.165, 1.54) is 12.0 Å². The maximum atomic E-state index is 9.19. The Balaban J connectivity index is 2.01. The third-order valence-electron chi connectivity index (χ3n) is 3.30. The van der Waals surface area contributed by atoms with Crippen LogP contribution in [0.3, 0.4) is 0 Å². The van der Waals surface area contributed by atoms with Crippen LogP contribution in [0.25, 0.3) is 0 Å². The minimum Gasteiger partial charge on any atom is -0.494 e. The molecule has 0 radical (unpaired) electrons. The lowest BCUT2D eigenvalue weighted by Crippen LogP contribution is -2.39. The third-order valence-corrected chi connectivity index (χ3v) is 3.30. The lowest BCUT2D eigenvalue weighted by molar-refractivity contribution is 0.198. The highest BCUT2D eigenvalue weighted by Gasteiger charge is 2.21. The molecule has 0 aliphatic carbocycles. The smallest absolute Gasteiger partial charge is 0.119 e. The van der Waals surface area contributed by atoms with Gasteiger partial charge in [0.15, 0.2) is 0 Å². The zero-order valence-electron chi connectivity index (χ0n) is 10.4. The van der Waals surface area contributed by atoms with Crippen LogP contribution in [0.1, 0.15) is 37.8 Å². The molecule has 1 aromatic carbocycles. The summed E-state index contributed by atoms with van der Waals surface area (Å²) in [6.07, 6.45) is 3.39. The SMILES string of the molecule is CCOc1ccc(C2CCCC(CO)N2)cc1. The number of piperidine rings is 1. The van der Waals surface area contributed by atoms with E-state index in [0.717, 1.165) is 18.6 Å². The second-order valence-electron chi connectivity index (χ2n) is 4.53. The number of hydrogen-bond donors (Lipinski definition) is 2. The number of nitrogens with one attached hydrogen (secondary N) is 1. The van der Waals surface area contributed by atoms with Crippen LogP contribution in [0.15, 0.2) is 24.3 Å². The van der Waals surface area contributed by atoms with Crippen molar-refractivity contribution < 1.29 is 9.84 Å². The van der Waals surface area contributed by atoms with Gasteiger partial charge in [-0.3, -0.25) is 0 Å². The molecule has 0 spiro atoms. The topological polar surface area (TPSA) is 41.5 Å². The second kappa shape index (κ2) is 6.03. The van der Waals surface area contributed by atoms with Crippen molar-refractivity contribution in [2.75, 3.05) is 13.2 Å². The average molecular weight is 235 g/mol. The Morgan fingerprint density at radius 1 is 1.29 bits per heavy atom. The first kappa shape index (κ1) is 12.4. The monoisotopic (exact) mass is 235 g/mol. The molecule has 3 nitrogen and oxygen atoms in total. The van der Waals surface area contributed by atoms with E-state index >= 15 is 0 Å². The fourth-order valence-corrected chi connectivity index (χ4v) is 2.39. The van der Waals surface area contributed by atoms with Crippen LogP contribution in [-0.2, 0) is 0 Å². The van der Waals surface area contributed by atoms with E-state index in [0.29, 0.717) is 12.6 Å². The van der Waals surface area contributed by atoms with Crippen molar-refractivity contribution in [2.24, 2.45) is 0 Å². The van der Waals surface area contributed by atoms with Crippen LogP contribution < -0.4 is 10.1 Å². The molecular weight excluding hydrogens is 214 g/mol. The average Bonchev–Trinajstić information content (AvgIpc) is 2.40. The Bertz CT molecular complexity index is 337. The Labute approximate surface area is 103 Å². The van der Waals surface area contributed by atoms with E-state index in [-0.39, 0.29) is 12.6 Å². The highest BCUT2D eigenvalue weighted by atomic mass is 16.5. The Hall–Kier alpha value is -1.06. The molecule has 1 aromatic rings. The van der Waals surface area contributed by atoms with Crippen molar-refractivity contribution in [3.63, 3.8) is 0 Å². The van der Waals surface area contributed by atoms with Gasteiger partial charge >= 0.3 is 0 Å². The molecule has 0 aromatic heterocycles. The maximum Gasteiger partial charge on any atom is 0.119 e.